The third-order valence-corrected chi connectivity index (χ3v) is 4.17. The van der Waals surface area contributed by atoms with Crippen molar-refractivity contribution in [3.8, 4) is 5.82 Å². The van der Waals surface area contributed by atoms with Gasteiger partial charge >= 0.3 is 5.97 Å². The molecule has 2 aromatic rings. The van der Waals surface area contributed by atoms with Crippen LogP contribution in [-0.2, 0) is 12.8 Å². The number of aromatic carboxylic acids is 1. The minimum Gasteiger partial charge on any atom is -0.476 e. The Morgan fingerprint density at radius 1 is 1.24 bits per heavy atom. The molecule has 0 radical (unpaired) electrons. The molecule has 0 spiro atoms. The topological polar surface area (TPSA) is 80.9 Å². The lowest BCUT2D eigenvalue weighted by Crippen LogP contribution is -2.14. The molecule has 0 amide bonds. The number of fused-ring (bicyclic) bond motifs is 1. The lowest BCUT2D eigenvalue weighted by atomic mass is 9.96. The van der Waals surface area contributed by atoms with Crippen molar-refractivity contribution in [3.05, 3.63) is 35.3 Å². The van der Waals surface area contributed by atoms with Crippen LogP contribution in [0.4, 0.5) is 0 Å². The van der Waals surface area contributed by atoms with Crippen LogP contribution in [0, 0.1) is 0 Å². The van der Waals surface area contributed by atoms with Gasteiger partial charge in [-0.2, -0.15) is 0 Å². The average molecular weight is 284 g/mol. The fraction of sp³-hybridized carbons (Fsp3) is 0.467. The highest BCUT2D eigenvalue weighted by molar-refractivity contribution is 5.85. The number of carboxylic acids is 1. The molecule has 0 unspecified atom stereocenters. The Hall–Kier alpha value is -2.24. The molecule has 2 aliphatic rings. The smallest absolute Gasteiger partial charge is 0.356 e. The molecule has 2 aliphatic carbocycles. The fourth-order valence-corrected chi connectivity index (χ4v) is 2.88. The molecule has 108 valence electrons. The van der Waals surface area contributed by atoms with Crippen molar-refractivity contribution in [1.82, 2.24) is 19.5 Å². The van der Waals surface area contributed by atoms with E-state index in [2.05, 4.69) is 4.98 Å². The number of hydrogen-bond donors (Lipinski definition) is 1. The first-order valence-corrected chi connectivity index (χ1v) is 7.39. The van der Waals surface area contributed by atoms with Gasteiger partial charge in [0, 0.05) is 23.4 Å². The largest absolute Gasteiger partial charge is 0.476 e. The quantitative estimate of drug-likeness (QED) is 0.933. The Labute approximate surface area is 121 Å². The van der Waals surface area contributed by atoms with Gasteiger partial charge in [-0.3, -0.25) is 4.57 Å². The molecular weight excluding hydrogens is 268 g/mol. The van der Waals surface area contributed by atoms with Crippen LogP contribution in [0.25, 0.3) is 5.82 Å². The Morgan fingerprint density at radius 3 is 2.76 bits per heavy atom. The van der Waals surface area contributed by atoms with Crippen LogP contribution < -0.4 is 0 Å². The van der Waals surface area contributed by atoms with Crippen molar-refractivity contribution >= 4 is 5.97 Å². The fourth-order valence-electron chi connectivity index (χ4n) is 2.88. The van der Waals surface area contributed by atoms with Crippen LogP contribution in [0.5, 0.6) is 0 Å². The molecule has 2 aromatic heterocycles. The molecule has 21 heavy (non-hydrogen) atoms. The van der Waals surface area contributed by atoms with Crippen molar-refractivity contribution in [2.75, 3.05) is 0 Å². The van der Waals surface area contributed by atoms with Crippen LogP contribution in [0.1, 0.15) is 59.2 Å². The van der Waals surface area contributed by atoms with Crippen molar-refractivity contribution in [2.45, 2.75) is 44.4 Å². The van der Waals surface area contributed by atoms with Crippen LogP contribution >= 0.6 is 0 Å². The normalized spacial score (nSPS) is 17.5. The standard InChI is InChI=1S/C15H16N4O2/c20-15(21)12-7-19(8-16-12)14-10-3-1-2-4-11(10)17-13(18-14)9-5-6-9/h7-9H,1-6H2,(H,20,21). The van der Waals surface area contributed by atoms with E-state index in [9.17, 15) is 4.79 Å². The van der Waals surface area contributed by atoms with Crippen LogP contribution in [-0.4, -0.2) is 30.6 Å². The van der Waals surface area contributed by atoms with Gasteiger partial charge in [0.1, 0.15) is 18.0 Å². The van der Waals surface area contributed by atoms with Gasteiger partial charge in [0.05, 0.1) is 0 Å². The molecule has 2 heterocycles. The molecule has 0 bridgehead atoms. The molecule has 4 rings (SSSR count). The predicted molar refractivity (Wildman–Crippen MR) is 74.7 cm³/mol. The summed E-state index contributed by atoms with van der Waals surface area (Å²) in [4.78, 5) is 24.4. The van der Waals surface area contributed by atoms with Gasteiger partial charge in [0.25, 0.3) is 0 Å². The second-order valence-electron chi connectivity index (χ2n) is 5.78. The first-order valence-electron chi connectivity index (χ1n) is 7.39. The predicted octanol–water partition coefficient (Wildman–Crippen LogP) is 2.12. The number of imidazole rings is 1. The van der Waals surface area contributed by atoms with Crippen molar-refractivity contribution in [2.24, 2.45) is 0 Å². The van der Waals surface area contributed by atoms with Crippen LogP contribution in [0.3, 0.4) is 0 Å². The van der Waals surface area contributed by atoms with E-state index in [1.807, 2.05) is 0 Å². The van der Waals surface area contributed by atoms with E-state index in [1.54, 1.807) is 4.57 Å². The van der Waals surface area contributed by atoms with Crippen molar-refractivity contribution in [3.63, 3.8) is 0 Å². The number of carbonyl (C=O) groups is 1. The lowest BCUT2D eigenvalue weighted by Gasteiger charge is -2.19. The van der Waals surface area contributed by atoms with Crippen LogP contribution in [0.15, 0.2) is 12.5 Å². The van der Waals surface area contributed by atoms with Gasteiger partial charge in [-0.05, 0) is 38.5 Å². The Morgan fingerprint density at radius 2 is 2.05 bits per heavy atom. The maximum atomic E-state index is 11.0. The van der Waals surface area contributed by atoms with E-state index < -0.39 is 5.97 Å². The van der Waals surface area contributed by atoms with E-state index in [4.69, 9.17) is 15.1 Å². The SMILES string of the molecule is O=C(O)c1cn(-c2nc(C3CC3)nc3c2CCCC3)cn1. The van der Waals surface area contributed by atoms with Gasteiger partial charge in [-0.15, -0.1) is 0 Å². The Bertz CT molecular complexity index is 718. The maximum absolute atomic E-state index is 11.0. The van der Waals surface area contributed by atoms with E-state index >= 15 is 0 Å². The van der Waals surface area contributed by atoms with Crippen molar-refractivity contribution < 1.29 is 9.90 Å². The van der Waals surface area contributed by atoms with E-state index in [0.29, 0.717) is 5.92 Å². The van der Waals surface area contributed by atoms with Gasteiger partial charge in [-0.25, -0.2) is 19.7 Å². The van der Waals surface area contributed by atoms with E-state index in [1.165, 1.54) is 12.5 Å². The third-order valence-electron chi connectivity index (χ3n) is 4.17. The van der Waals surface area contributed by atoms with Gasteiger partial charge < -0.3 is 5.11 Å². The van der Waals surface area contributed by atoms with Gasteiger partial charge in [-0.1, -0.05) is 0 Å². The minimum atomic E-state index is -1.01. The molecule has 6 heteroatoms. The zero-order valence-electron chi connectivity index (χ0n) is 11.6. The summed E-state index contributed by atoms with van der Waals surface area (Å²) in [5.41, 5.74) is 2.34. The lowest BCUT2D eigenvalue weighted by molar-refractivity contribution is 0.0691. The van der Waals surface area contributed by atoms with Crippen molar-refractivity contribution in [1.29, 1.82) is 0 Å². The number of hydrogen-bond acceptors (Lipinski definition) is 4. The van der Waals surface area contributed by atoms with Gasteiger partial charge in [0.15, 0.2) is 5.69 Å². The van der Waals surface area contributed by atoms with Crippen LogP contribution in [0.2, 0.25) is 0 Å². The number of carboxylic acid groups (broad SMARTS) is 1. The second-order valence-corrected chi connectivity index (χ2v) is 5.78. The average Bonchev–Trinajstić information content (AvgIpc) is 3.23. The molecule has 0 saturated heterocycles. The highest BCUT2D eigenvalue weighted by atomic mass is 16.4. The number of nitrogens with zero attached hydrogens (tertiary/aromatic N) is 4. The second kappa shape index (κ2) is 4.65. The maximum Gasteiger partial charge on any atom is 0.356 e. The van der Waals surface area contributed by atoms with E-state index in [0.717, 1.165) is 61.4 Å². The zero-order chi connectivity index (χ0) is 14.4. The first kappa shape index (κ1) is 12.5. The highest BCUT2D eigenvalue weighted by Gasteiger charge is 2.29. The summed E-state index contributed by atoms with van der Waals surface area (Å²) in [5.74, 6) is 1.20. The molecule has 1 saturated carbocycles. The molecule has 0 aromatic carbocycles. The first-order chi connectivity index (χ1) is 10.2. The molecule has 0 atom stereocenters. The molecular formula is C15H16N4O2. The molecule has 0 aliphatic heterocycles. The molecule has 1 fully saturated rings. The summed E-state index contributed by atoms with van der Waals surface area (Å²) in [6.45, 7) is 0. The summed E-state index contributed by atoms with van der Waals surface area (Å²) in [6.07, 6.45) is 9.63. The molecule has 1 N–H and O–H groups in total. The Kier molecular flexibility index (Phi) is 2.77. The summed E-state index contributed by atoms with van der Waals surface area (Å²) in [7, 11) is 0. The van der Waals surface area contributed by atoms with E-state index in [-0.39, 0.29) is 5.69 Å². The zero-order valence-corrected chi connectivity index (χ0v) is 11.6. The summed E-state index contributed by atoms with van der Waals surface area (Å²) < 4.78 is 1.74. The monoisotopic (exact) mass is 284 g/mol. The minimum absolute atomic E-state index is 0.0474. The summed E-state index contributed by atoms with van der Waals surface area (Å²) in [6, 6.07) is 0. The number of aryl methyl sites for hydroxylation is 1. The Balaban J connectivity index is 1.84. The molecule has 6 nitrogen and oxygen atoms in total. The van der Waals surface area contributed by atoms with Gasteiger partial charge in [0.2, 0.25) is 0 Å². The summed E-state index contributed by atoms with van der Waals surface area (Å²) >= 11 is 0. The highest BCUT2D eigenvalue weighted by Crippen LogP contribution is 2.39. The summed E-state index contributed by atoms with van der Waals surface area (Å²) in [5, 5.41) is 9.03. The third kappa shape index (κ3) is 2.20. The number of aromatic nitrogens is 4. The number of rotatable bonds is 3.